The summed E-state index contributed by atoms with van der Waals surface area (Å²) in [6.45, 7) is 9.44. The number of likely N-dealkylation sites (tertiary alicyclic amines) is 1. The van der Waals surface area contributed by atoms with E-state index in [4.69, 9.17) is 23.7 Å². The lowest BCUT2D eigenvalue weighted by Crippen LogP contribution is -2.53. The molecule has 3 fully saturated rings. The van der Waals surface area contributed by atoms with Crippen molar-refractivity contribution in [2.45, 2.75) is 83.0 Å². The van der Waals surface area contributed by atoms with E-state index in [0.29, 0.717) is 17.9 Å². The van der Waals surface area contributed by atoms with Gasteiger partial charge in [0.1, 0.15) is 18.3 Å². The number of epoxide rings is 1. The summed E-state index contributed by atoms with van der Waals surface area (Å²) >= 11 is 0. The molecule has 9 nitrogen and oxygen atoms in total. The predicted molar refractivity (Wildman–Crippen MR) is 114 cm³/mol. The molecule has 0 aromatic rings. The highest BCUT2D eigenvalue weighted by molar-refractivity contribution is 5.93. The number of hydrogen-bond acceptors (Lipinski definition) is 9. The van der Waals surface area contributed by atoms with Crippen LogP contribution in [0, 0.1) is 17.8 Å². The summed E-state index contributed by atoms with van der Waals surface area (Å²) in [5, 5.41) is 0. The van der Waals surface area contributed by atoms with Crippen LogP contribution >= 0.6 is 0 Å². The van der Waals surface area contributed by atoms with E-state index in [2.05, 4.69) is 11.8 Å². The van der Waals surface area contributed by atoms with Crippen LogP contribution in [0.25, 0.3) is 0 Å². The molecule has 0 spiro atoms. The minimum Gasteiger partial charge on any atom is -0.462 e. The molecule has 4 heterocycles. The number of carbonyl (C=O) groups is 3. The Morgan fingerprint density at radius 1 is 1.21 bits per heavy atom. The first-order chi connectivity index (χ1) is 15.7. The van der Waals surface area contributed by atoms with Gasteiger partial charge in [-0.05, 0) is 51.8 Å². The predicted octanol–water partition coefficient (Wildman–Crippen LogP) is 2.22. The number of esters is 2. The number of rotatable bonds is 3. The molecule has 1 unspecified atom stereocenters. The summed E-state index contributed by atoms with van der Waals surface area (Å²) in [4.78, 5) is 40.3. The van der Waals surface area contributed by atoms with Crippen LogP contribution in [0.1, 0.15) is 47.0 Å². The maximum atomic E-state index is 13.2. The van der Waals surface area contributed by atoms with Gasteiger partial charge in [0.2, 0.25) is 0 Å². The maximum absolute atomic E-state index is 13.2. The lowest BCUT2D eigenvalue weighted by atomic mass is 9.79. The van der Waals surface area contributed by atoms with Crippen molar-refractivity contribution in [1.29, 1.82) is 0 Å². The van der Waals surface area contributed by atoms with E-state index in [1.807, 2.05) is 19.9 Å². The van der Waals surface area contributed by atoms with Crippen LogP contribution in [0.3, 0.4) is 0 Å². The molecule has 9 heteroatoms. The zero-order chi connectivity index (χ0) is 23.5. The van der Waals surface area contributed by atoms with Crippen molar-refractivity contribution in [3.8, 4) is 0 Å². The van der Waals surface area contributed by atoms with Crippen molar-refractivity contribution < 1.29 is 38.1 Å². The highest BCUT2D eigenvalue weighted by atomic mass is 16.7. The van der Waals surface area contributed by atoms with Crippen LogP contribution in [-0.2, 0) is 33.3 Å². The second-order valence-electron chi connectivity index (χ2n) is 10.3. The highest BCUT2D eigenvalue weighted by Crippen LogP contribution is 2.51. The average Bonchev–Trinajstić information content (AvgIpc) is 3.15. The molecule has 0 N–H and O–H groups in total. The van der Waals surface area contributed by atoms with Crippen LogP contribution in [0.5, 0.6) is 0 Å². The van der Waals surface area contributed by atoms with Crippen LogP contribution in [0.2, 0.25) is 0 Å². The van der Waals surface area contributed by atoms with Gasteiger partial charge in [0.25, 0.3) is 0 Å². The zero-order valence-corrected chi connectivity index (χ0v) is 19.7. The molecule has 4 aliphatic heterocycles. The highest BCUT2D eigenvalue weighted by Gasteiger charge is 2.65. The second-order valence-corrected chi connectivity index (χ2v) is 10.3. The summed E-state index contributed by atoms with van der Waals surface area (Å²) in [5.41, 5.74) is -0.180. The monoisotopic (exact) mass is 463 g/mol. The van der Waals surface area contributed by atoms with Crippen LogP contribution in [0.15, 0.2) is 11.6 Å². The van der Waals surface area contributed by atoms with E-state index in [1.165, 1.54) is 0 Å². The molecule has 0 amide bonds. The maximum Gasteiger partial charge on any atom is 0.508 e. The molecular formula is C24H33NO8. The van der Waals surface area contributed by atoms with Crippen molar-refractivity contribution in [2.75, 3.05) is 19.7 Å². The first kappa shape index (κ1) is 22.7. The Labute approximate surface area is 193 Å². The first-order valence-corrected chi connectivity index (χ1v) is 12.1. The summed E-state index contributed by atoms with van der Waals surface area (Å²) in [6.07, 6.45) is 1.27. The largest absolute Gasteiger partial charge is 0.508 e. The van der Waals surface area contributed by atoms with Gasteiger partial charge in [-0.2, -0.15) is 0 Å². The van der Waals surface area contributed by atoms with Gasteiger partial charge in [0.05, 0.1) is 29.7 Å². The third kappa shape index (κ3) is 3.93. The van der Waals surface area contributed by atoms with Crippen molar-refractivity contribution in [2.24, 2.45) is 17.8 Å². The summed E-state index contributed by atoms with van der Waals surface area (Å²) in [7, 11) is 0. The summed E-state index contributed by atoms with van der Waals surface area (Å²) in [6, 6.07) is -0.504. The number of piperidine rings is 1. The Bertz CT molecular complexity index is 865. The molecule has 0 saturated carbocycles. The molecule has 1 aliphatic carbocycles. The Kier molecular flexibility index (Phi) is 5.68. The Hall–Kier alpha value is -2.13. The SMILES string of the molecule is CCOC(=O)O[C@@H]1[C@@H](N2CCC(C)CC2)C2=C[C@@H](OC2=O)[C@@H]2C(C)C(=O)O[C@H]2C[C@]2(C)O[C@@H]12. The molecule has 8 atom stereocenters. The average molecular weight is 464 g/mol. The van der Waals surface area contributed by atoms with Crippen molar-refractivity contribution in [1.82, 2.24) is 4.90 Å². The number of fused-ring (bicyclic) bond motifs is 4. The fourth-order valence-corrected chi connectivity index (χ4v) is 6.04. The van der Waals surface area contributed by atoms with Crippen LogP contribution in [-0.4, -0.2) is 78.7 Å². The molecule has 0 aromatic carbocycles. The second kappa shape index (κ2) is 8.27. The van der Waals surface area contributed by atoms with E-state index < -0.39 is 48.2 Å². The van der Waals surface area contributed by atoms with Gasteiger partial charge in [-0.25, -0.2) is 9.59 Å². The number of hydrogen-bond donors (Lipinski definition) is 0. The number of nitrogens with zero attached hydrogens (tertiary/aromatic N) is 1. The quantitative estimate of drug-likeness (QED) is 0.354. The molecule has 2 bridgehead atoms. The van der Waals surface area contributed by atoms with Gasteiger partial charge in [-0.3, -0.25) is 9.69 Å². The van der Waals surface area contributed by atoms with Gasteiger partial charge in [0, 0.05) is 12.3 Å². The lowest BCUT2D eigenvalue weighted by molar-refractivity contribution is -0.144. The minimum atomic E-state index is -0.782. The Morgan fingerprint density at radius 2 is 1.94 bits per heavy atom. The third-order valence-corrected chi connectivity index (χ3v) is 8.03. The van der Waals surface area contributed by atoms with E-state index in [9.17, 15) is 14.4 Å². The van der Waals surface area contributed by atoms with Crippen molar-refractivity contribution in [3.05, 3.63) is 11.6 Å². The van der Waals surface area contributed by atoms with Crippen LogP contribution in [0.4, 0.5) is 4.79 Å². The lowest BCUT2D eigenvalue weighted by Gasteiger charge is -2.40. The third-order valence-electron chi connectivity index (χ3n) is 8.03. The topological polar surface area (TPSA) is 104 Å². The van der Waals surface area contributed by atoms with E-state index in [-0.39, 0.29) is 24.4 Å². The van der Waals surface area contributed by atoms with Crippen molar-refractivity contribution in [3.63, 3.8) is 0 Å². The molecule has 5 aliphatic rings. The van der Waals surface area contributed by atoms with E-state index >= 15 is 0 Å². The van der Waals surface area contributed by atoms with E-state index in [1.54, 1.807) is 6.92 Å². The van der Waals surface area contributed by atoms with Gasteiger partial charge < -0.3 is 23.7 Å². The minimum absolute atomic E-state index is 0.185. The molecule has 33 heavy (non-hydrogen) atoms. The number of carbonyl (C=O) groups excluding carboxylic acids is 3. The van der Waals surface area contributed by atoms with E-state index in [0.717, 1.165) is 25.9 Å². The zero-order valence-electron chi connectivity index (χ0n) is 19.7. The fourth-order valence-electron chi connectivity index (χ4n) is 6.04. The van der Waals surface area contributed by atoms with Crippen LogP contribution < -0.4 is 0 Å². The summed E-state index contributed by atoms with van der Waals surface area (Å²) in [5.74, 6) is -0.790. The molecular weight excluding hydrogens is 430 g/mol. The molecule has 0 aromatic heterocycles. The Balaban J connectivity index is 1.56. The Morgan fingerprint density at radius 3 is 2.64 bits per heavy atom. The fraction of sp³-hybridized carbons (Fsp3) is 0.792. The molecule has 5 rings (SSSR count). The van der Waals surface area contributed by atoms with Gasteiger partial charge in [0.15, 0.2) is 6.10 Å². The smallest absolute Gasteiger partial charge is 0.462 e. The summed E-state index contributed by atoms with van der Waals surface area (Å²) < 4.78 is 28.6. The normalized spacial score (nSPS) is 43.0. The molecule has 0 radical (unpaired) electrons. The van der Waals surface area contributed by atoms with Gasteiger partial charge >= 0.3 is 18.1 Å². The van der Waals surface area contributed by atoms with Gasteiger partial charge in [-0.1, -0.05) is 13.8 Å². The first-order valence-electron chi connectivity index (χ1n) is 12.1. The van der Waals surface area contributed by atoms with Gasteiger partial charge in [-0.15, -0.1) is 0 Å². The molecule has 182 valence electrons. The standard InChI is InChI=1S/C24H33NO8/c1-5-29-23(28)32-19-18(25-8-6-12(2)7-9-25)14-10-15(30-22(14)27)17-13(3)21(26)31-16(17)11-24(4)20(19)33-24/h10,12-13,15-20H,5-9,11H2,1-4H3/t13?,15-,16+,17+,18+,19-,20+,24+/m1/s1. The number of ether oxygens (including phenoxy) is 5. The van der Waals surface area contributed by atoms with Crippen molar-refractivity contribution >= 4 is 18.1 Å². The molecule has 3 saturated heterocycles.